The molecule has 0 nitrogen and oxygen atoms in total. The van der Waals surface area contributed by atoms with E-state index in [4.69, 9.17) is 0 Å². The molecule has 48 heavy (non-hydrogen) atoms. The molecule has 0 spiro atoms. The smallest absolute Gasteiger partial charge is 0 e. The van der Waals surface area contributed by atoms with E-state index >= 15 is 0 Å². The van der Waals surface area contributed by atoms with E-state index in [2.05, 4.69) is 0 Å². The molecule has 0 atom stereocenters. The van der Waals surface area contributed by atoms with Crippen molar-refractivity contribution in [2.45, 2.75) is 0 Å². The first-order valence-electron chi connectivity index (χ1n) is 0. The fourth-order valence-electron chi connectivity index (χ4n) is 0. The van der Waals surface area contributed by atoms with Crippen molar-refractivity contribution in [3.8, 4) is 0 Å². The summed E-state index contributed by atoms with van der Waals surface area (Å²) in [5.74, 6) is 0. The van der Waals surface area contributed by atoms with Crippen LogP contribution < -0.4 is 0 Å². The van der Waals surface area contributed by atoms with Crippen LogP contribution in [0.2, 0.25) is 0 Å². The van der Waals surface area contributed by atoms with Crippen LogP contribution in [0.4, 0.5) is 0 Å². The summed E-state index contributed by atoms with van der Waals surface area (Å²) in [5, 5.41) is 0. The topological polar surface area (TPSA) is 0 Å². The predicted molar refractivity (Wildman–Crippen MR) is 0 cm³/mol. The summed E-state index contributed by atoms with van der Waals surface area (Å²) in [6, 6.07) is 0. The number of hydrogen-bond acceptors (Lipinski definition) is 0. The van der Waals surface area contributed by atoms with Gasteiger partial charge < -0.3 is 0 Å². The molecule has 0 amide bonds. The third-order valence-corrected chi connectivity index (χ3v) is 0. The van der Waals surface area contributed by atoms with Crippen LogP contribution in [-0.4, -0.2) is 0 Å². The summed E-state index contributed by atoms with van der Waals surface area (Å²) in [6.07, 6.45) is 0. The van der Waals surface area contributed by atoms with Gasteiger partial charge in [0.05, 0.1) is 0 Å². The zero-order valence-corrected chi connectivity index (χ0v) is 341. The quantitative estimate of drug-likeness (QED) is 0.321. The average molecular weight is 12800 g/mol. The van der Waals surface area contributed by atoms with Crippen molar-refractivity contribution < 1.29 is 0 Å². The molecule has 0 aromatic heterocycles. The summed E-state index contributed by atoms with van der Waals surface area (Å²) in [7, 11) is 0. The molecule has 0 N–H and O–H groups in total. The Bertz CT molecular complexity index is 0. The molecule has 0 fully saturated rings. The van der Waals surface area contributed by atoms with Crippen molar-refractivity contribution in [2.75, 3.05) is 0 Å². The van der Waals surface area contributed by atoms with Crippen molar-refractivity contribution in [3.63, 3.8) is 0 Å². The van der Waals surface area contributed by atoms with E-state index in [9.17, 15) is 0 Å². The molecular formula is Rf48. The van der Waals surface area contributed by atoms with Gasteiger partial charge in [0.2, 0.25) is 0 Å². The maximum absolute atomic E-state index is 0. The van der Waals surface area contributed by atoms with Crippen LogP contribution >= 0.6 is 0 Å². The molecule has 0 unspecified atom stereocenters. The molecule has 0 bridgehead atoms. The van der Waals surface area contributed by atoms with E-state index in [0.29, 0.717) is 0 Å². The van der Waals surface area contributed by atoms with Crippen molar-refractivity contribution >= 4 is 0 Å². The first-order chi connectivity index (χ1) is 0. The zero-order valence-electron chi connectivity index (χ0n) is 33.9. The zero-order chi connectivity index (χ0) is 0. The third-order valence-electron chi connectivity index (χ3n) is 0. The largest absolute Gasteiger partial charge is 0 e. The molecule has 0 heterocycles. The van der Waals surface area contributed by atoms with Crippen LogP contribution in [-0.2, 0) is 0 Å². The molecule has 0 rings (SSSR count). The fourth-order valence-corrected chi connectivity index (χ4v) is 0. The van der Waals surface area contributed by atoms with Gasteiger partial charge in [0, 0.05) is 0 Å². The second-order valence-electron chi connectivity index (χ2n) is 0. The van der Waals surface area contributed by atoms with Crippen LogP contribution in [0.25, 0.3) is 0 Å². The molecule has 0 saturated carbocycles. The van der Waals surface area contributed by atoms with Crippen molar-refractivity contribution in [1.82, 2.24) is 0 Å². The van der Waals surface area contributed by atoms with Crippen molar-refractivity contribution in [2.24, 2.45) is 0 Å². The van der Waals surface area contributed by atoms with E-state index in [0.717, 1.165) is 0 Å². The predicted octanol–water partition coefficient (Wildman–Crippen LogP) is 0. The Morgan fingerprint density at radius 3 is 0.0208 bits per heavy atom. The van der Waals surface area contributed by atoms with Gasteiger partial charge in [-0.25, -0.2) is 0 Å². The Morgan fingerprint density at radius 2 is 0.0208 bits per heavy atom. The summed E-state index contributed by atoms with van der Waals surface area (Å²) in [6.45, 7) is 0. The van der Waals surface area contributed by atoms with Crippen LogP contribution in [0.15, 0.2) is 0 Å². The van der Waals surface area contributed by atoms with Gasteiger partial charge >= 0.3 is 0 Å². The monoisotopic (exact) mass is 12800 g/mol. The Labute approximate surface area is 0 Å². The third kappa shape index (κ3) is -0.00781. The van der Waals surface area contributed by atoms with E-state index in [1.165, 1.54) is 0 Å². The second kappa shape index (κ2) is -0.00174. The van der Waals surface area contributed by atoms with Gasteiger partial charge in [-0.1, -0.05) is 0 Å². The summed E-state index contributed by atoms with van der Waals surface area (Å²) in [5.41, 5.74) is 0. The van der Waals surface area contributed by atoms with Crippen molar-refractivity contribution in [1.29, 1.82) is 0 Å². The summed E-state index contributed by atoms with van der Waals surface area (Å²) >= 11 is 0. The minimum atomic E-state index is 0. The maximum atomic E-state index is 0. The van der Waals surface area contributed by atoms with Gasteiger partial charge in [-0.3, -0.25) is 0 Å². The molecule has 0 radical (unpaired) electrons. The maximum Gasteiger partial charge on any atom is 0 e. The minimum Gasteiger partial charge on any atom is 0 e. The van der Waals surface area contributed by atoms with Gasteiger partial charge in [0.1, 0.15) is 0 Å². The molecule has 48 heteroatoms. The Morgan fingerprint density at radius 1 is 0.0208 bits per heavy atom. The first-order valence-corrected chi connectivity index (χ1v) is 0. The molecule has 0 aromatic carbocycles. The van der Waals surface area contributed by atoms with Crippen LogP contribution in [0, 0.1) is 0 Å². The van der Waals surface area contributed by atoms with E-state index in [1.807, 2.05) is 0 Å². The standard InChI is InChI=1S/48Rf. The normalized spacial score (nSPS) is 0. The molecule has 0 saturated heterocycles. The van der Waals surface area contributed by atoms with Gasteiger partial charge in [0.25, 0.3) is 0 Å². The number of rotatable bonds is 0. The Kier molecular flexibility index (Phi) is 0. The Balaban J connectivity index is 0. The van der Waals surface area contributed by atoms with Crippen LogP contribution in [0.3, 0.4) is 0 Å². The van der Waals surface area contributed by atoms with Gasteiger partial charge in [-0.05, 0) is 0 Å². The van der Waals surface area contributed by atoms with Crippen LogP contribution in [0.5, 0.6) is 0 Å². The van der Waals surface area contributed by atoms with Crippen LogP contribution in [0.1, 0.15) is 0 Å². The molecule has 0 aromatic rings. The first kappa shape index (κ1) is 0. The van der Waals surface area contributed by atoms with Gasteiger partial charge in [-0.2, -0.15) is 0 Å². The van der Waals surface area contributed by atoms with E-state index < -0.39 is 0 Å². The average Bonchev–Trinajstić information content (AvgIpc) is 0. The van der Waals surface area contributed by atoms with Gasteiger partial charge in [-0.15, -0.1) is 0 Å². The number of hydrogen-bond donors (Lipinski definition) is 0. The Hall–Kier alpha value is -48.0. The van der Waals surface area contributed by atoms with E-state index in [1.54, 1.807) is 0 Å². The van der Waals surface area contributed by atoms with Crippen molar-refractivity contribution in [3.05, 3.63) is 0 Å². The fraction of sp³-hybridized carbons (Fsp3) is 0. The molecular weight excluding hydrogens is 12800 g/mol. The molecule has 0 aliphatic heterocycles. The van der Waals surface area contributed by atoms with E-state index in [-0.39, 0.29) is 0 Å². The summed E-state index contributed by atoms with van der Waals surface area (Å²) in [4.78, 5) is 0. The SMILES string of the molecule is [Rf].[Rf].[Rf].[Rf].[Rf].[Rf].[Rf].[Rf].[Rf].[Rf].[Rf].[Rf].[Rf].[Rf].[Rf].[Rf].[Rf].[Rf].[Rf].[Rf].[Rf].[Rf].[Rf].[Rf].[Rf].[Rf].[Rf].[Rf].[Rf].[Rf].[Rf].[Rf].[Rf].[Rf].[Rf].[Rf].[Rf].[Rf].[Rf].[Rf].[Rf].[Rf].[Rf].[Rf].[Rf].[Rf].[Rf].[Rf]. The minimum absolute atomic E-state index is 0. The van der Waals surface area contributed by atoms with Gasteiger partial charge in [0.15, 0.2) is 0 Å². The summed E-state index contributed by atoms with van der Waals surface area (Å²) < 4.78 is 0. The molecule has 96 valence electrons. The molecule has 0 aliphatic carbocycles. The second-order valence-corrected chi connectivity index (χ2v) is 0. The molecule has 0 aliphatic rings.